The van der Waals surface area contributed by atoms with Crippen molar-refractivity contribution in [1.29, 1.82) is 0 Å². The first-order valence-electron chi connectivity index (χ1n) is 7.89. The van der Waals surface area contributed by atoms with Crippen LogP contribution in [0.5, 0.6) is 0 Å². The molecule has 0 radical (unpaired) electrons. The summed E-state index contributed by atoms with van der Waals surface area (Å²) in [5, 5.41) is 2.92. The maximum Gasteiger partial charge on any atom is 0.273 e. The van der Waals surface area contributed by atoms with Gasteiger partial charge in [-0.1, -0.05) is 44.2 Å². The molecule has 2 rings (SSSR count). The van der Waals surface area contributed by atoms with E-state index in [9.17, 15) is 4.79 Å². The van der Waals surface area contributed by atoms with Crippen molar-refractivity contribution in [2.45, 2.75) is 13.8 Å². The Morgan fingerprint density at radius 1 is 1.25 bits per heavy atom. The van der Waals surface area contributed by atoms with Crippen LogP contribution < -0.4 is 11.1 Å². The van der Waals surface area contributed by atoms with Crippen LogP contribution in [0, 0.1) is 5.41 Å². The predicted molar refractivity (Wildman–Crippen MR) is 96.5 cm³/mol. The van der Waals surface area contributed by atoms with E-state index in [-0.39, 0.29) is 22.8 Å². The Bertz CT molecular complexity index is 698. The Morgan fingerprint density at radius 2 is 1.92 bits per heavy atom. The molecule has 1 aromatic carbocycles. The van der Waals surface area contributed by atoms with Crippen molar-refractivity contribution in [1.82, 2.24) is 20.2 Å². The number of anilines is 1. The number of nitrogens with zero attached hydrogens (tertiary/aromatic N) is 3. The predicted octanol–water partition coefficient (Wildman–Crippen LogP) is 2.04. The first-order valence-corrected chi connectivity index (χ1v) is 7.89. The van der Waals surface area contributed by atoms with E-state index < -0.39 is 0 Å². The molecule has 0 aliphatic carbocycles. The van der Waals surface area contributed by atoms with Crippen LogP contribution in [0.1, 0.15) is 24.3 Å². The second-order valence-electron chi connectivity index (χ2n) is 6.94. The number of nitrogens with two attached hydrogens (primary N) is 1. The van der Waals surface area contributed by atoms with Crippen LogP contribution in [-0.4, -0.2) is 48.0 Å². The molecule has 0 bridgehead atoms. The lowest BCUT2D eigenvalue weighted by Gasteiger charge is -2.28. The van der Waals surface area contributed by atoms with Gasteiger partial charge in [-0.15, -0.1) is 0 Å². The average Bonchev–Trinajstić information content (AvgIpc) is 2.53. The lowest BCUT2D eigenvalue weighted by molar-refractivity contribution is 0.0925. The van der Waals surface area contributed by atoms with Gasteiger partial charge in [-0.2, -0.15) is 0 Å². The van der Waals surface area contributed by atoms with E-state index in [1.807, 2.05) is 44.4 Å². The quantitative estimate of drug-likeness (QED) is 0.848. The zero-order valence-electron chi connectivity index (χ0n) is 14.7. The number of carbonyl (C=O) groups excluding carboxylic acids is 1. The van der Waals surface area contributed by atoms with Crippen molar-refractivity contribution in [3.8, 4) is 11.3 Å². The van der Waals surface area contributed by atoms with Crippen molar-refractivity contribution >= 4 is 11.7 Å². The van der Waals surface area contributed by atoms with E-state index in [1.165, 1.54) is 0 Å². The van der Waals surface area contributed by atoms with E-state index in [4.69, 9.17) is 5.73 Å². The van der Waals surface area contributed by atoms with Crippen molar-refractivity contribution in [3.63, 3.8) is 0 Å². The van der Waals surface area contributed by atoms with Gasteiger partial charge in [0.1, 0.15) is 0 Å². The van der Waals surface area contributed by atoms with Gasteiger partial charge in [0.15, 0.2) is 11.5 Å². The van der Waals surface area contributed by atoms with Crippen LogP contribution in [0.15, 0.2) is 36.5 Å². The van der Waals surface area contributed by atoms with Gasteiger partial charge in [0.05, 0.1) is 11.9 Å². The molecule has 0 spiro atoms. The number of carbonyl (C=O) groups is 1. The Balaban J connectivity index is 2.15. The SMILES string of the molecule is CN(C)CC(C)(C)CNC(=O)c1nc(-c2ccccc2)cnc1N. The second-order valence-corrected chi connectivity index (χ2v) is 6.94. The van der Waals surface area contributed by atoms with E-state index >= 15 is 0 Å². The normalized spacial score (nSPS) is 11.5. The Morgan fingerprint density at radius 3 is 2.54 bits per heavy atom. The molecule has 0 unspecified atom stereocenters. The summed E-state index contributed by atoms with van der Waals surface area (Å²) in [7, 11) is 4.02. The molecule has 6 nitrogen and oxygen atoms in total. The summed E-state index contributed by atoms with van der Waals surface area (Å²) in [5.74, 6) is -0.165. The lowest BCUT2D eigenvalue weighted by Crippen LogP contribution is -2.40. The molecule has 0 aliphatic rings. The van der Waals surface area contributed by atoms with Gasteiger partial charge in [-0.25, -0.2) is 9.97 Å². The molecule has 3 N–H and O–H groups in total. The highest BCUT2D eigenvalue weighted by Crippen LogP contribution is 2.19. The maximum atomic E-state index is 12.5. The van der Waals surface area contributed by atoms with E-state index in [2.05, 4.69) is 34.0 Å². The molecule has 1 amide bonds. The van der Waals surface area contributed by atoms with Crippen LogP contribution in [0.2, 0.25) is 0 Å². The highest BCUT2D eigenvalue weighted by atomic mass is 16.1. The molecule has 128 valence electrons. The van der Waals surface area contributed by atoms with Gasteiger partial charge in [0.25, 0.3) is 5.91 Å². The first kappa shape index (κ1) is 17.9. The average molecular weight is 327 g/mol. The molecule has 0 saturated carbocycles. The summed E-state index contributed by atoms with van der Waals surface area (Å²) in [5.41, 5.74) is 7.48. The number of hydrogen-bond donors (Lipinski definition) is 2. The Hall–Kier alpha value is -2.47. The monoisotopic (exact) mass is 327 g/mol. The standard InChI is InChI=1S/C18H25N5O/c1-18(2,12-23(3)4)11-21-17(24)15-16(19)20-10-14(22-15)13-8-6-5-7-9-13/h5-10H,11-12H2,1-4H3,(H2,19,20)(H,21,24). The molecule has 1 aromatic heterocycles. The van der Waals surface area contributed by atoms with Gasteiger partial charge in [-0.3, -0.25) is 4.79 Å². The fraction of sp³-hybridized carbons (Fsp3) is 0.389. The van der Waals surface area contributed by atoms with Crippen LogP contribution in [-0.2, 0) is 0 Å². The minimum Gasteiger partial charge on any atom is -0.382 e. The molecular weight excluding hydrogens is 302 g/mol. The third kappa shape index (κ3) is 4.76. The fourth-order valence-electron chi connectivity index (χ4n) is 2.63. The summed E-state index contributed by atoms with van der Waals surface area (Å²) in [6.45, 7) is 5.59. The van der Waals surface area contributed by atoms with Crippen LogP contribution in [0.25, 0.3) is 11.3 Å². The zero-order valence-corrected chi connectivity index (χ0v) is 14.7. The van der Waals surface area contributed by atoms with Crippen molar-refractivity contribution < 1.29 is 4.79 Å². The molecule has 24 heavy (non-hydrogen) atoms. The molecule has 6 heteroatoms. The Kier molecular flexibility index (Phi) is 5.51. The third-order valence-corrected chi connectivity index (χ3v) is 3.56. The number of amides is 1. The van der Waals surface area contributed by atoms with E-state index in [0.29, 0.717) is 12.2 Å². The minimum absolute atomic E-state index is 0.0572. The fourth-order valence-corrected chi connectivity index (χ4v) is 2.63. The number of aromatic nitrogens is 2. The van der Waals surface area contributed by atoms with Crippen molar-refractivity contribution in [2.75, 3.05) is 32.9 Å². The highest BCUT2D eigenvalue weighted by molar-refractivity contribution is 5.96. The van der Waals surface area contributed by atoms with Crippen LogP contribution in [0.4, 0.5) is 5.82 Å². The maximum absolute atomic E-state index is 12.5. The minimum atomic E-state index is -0.301. The first-order chi connectivity index (χ1) is 11.3. The van der Waals surface area contributed by atoms with Gasteiger partial charge >= 0.3 is 0 Å². The number of rotatable bonds is 6. The number of benzene rings is 1. The largest absolute Gasteiger partial charge is 0.382 e. The summed E-state index contributed by atoms with van der Waals surface area (Å²) in [6, 6.07) is 9.59. The van der Waals surface area contributed by atoms with Gasteiger partial charge in [0.2, 0.25) is 0 Å². The smallest absolute Gasteiger partial charge is 0.273 e. The summed E-state index contributed by atoms with van der Waals surface area (Å²) < 4.78 is 0. The number of nitrogens with one attached hydrogen (secondary N) is 1. The van der Waals surface area contributed by atoms with Crippen LogP contribution in [0.3, 0.4) is 0 Å². The van der Waals surface area contributed by atoms with Crippen molar-refractivity contribution in [2.24, 2.45) is 5.41 Å². The van der Waals surface area contributed by atoms with E-state index in [1.54, 1.807) is 6.20 Å². The highest BCUT2D eigenvalue weighted by Gasteiger charge is 2.22. The topological polar surface area (TPSA) is 84.1 Å². The van der Waals surface area contributed by atoms with Gasteiger partial charge in [-0.05, 0) is 19.5 Å². The molecular formula is C18H25N5O. The number of hydrogen-bond acceptors (Lipinski definition) is 5. The third-order valence-electron chi connectivity index (χ3n) is 3.56. The second kappa shape index (κ2) is 7.40. The van der Waals surface area contributed by atoms with Gasteiger partial charge < -0.3 is 16.0 Å². The molecule has 1 heterocycles. The molecule has 0 saturated heterocycles. The number of nitrogen functional groups attached to an aromatic ring is 1. The van der Waals surface area contributed by atoms with Crippen molar-refractivity contribution in [3.05, 3.63) is 42.2 Å². The zero-order chi connectivity index (χ0) is 17.7. The summed E-state index contributed by atoms with van der Waals surface area (Å²) in [4.78, 5) is 23.1. The molecule has 2 aromatic rings. The van der Waals surface area contributed by atoms with Gasteiger partial charge in [0, 0.05) is 18.7 Å². The summed E-state index contributed by atoms with van der Waals surface area (Å²) in [6.07, 6.45) is 1.58. The van der Waals surface area contributed by atoms with Crippen LogP contribution >= 0.6 is 0 Å². The lowest BCUT2D eigenvalue weighted by atomic mass is 9.93. The molecule has 0 aliphatic heterocycles. The molecule has 0 fully saturated rings. The van der Waals surface area contributed by atoms with E-state index in [0.717, 1.165) is 12.1 Å². The molecule has 0 atom stereocenters. The summed E-state index contributed by atoms with van der Waals surface area (Å²) >= 11 is 0. The Labute approximate surface area is 143 Å².